The van der Waals surface area contributed by atoms with Gasteiger partial charge in [-0.05, 0) is 36.8 Å². The van der Waals surface area contributed by atoms with E-state index >= 15 is 0 Å². The van der Waals surface area contributed by atoms with Gasteiger partial charge in [0.1, 0.15) is 11.4 Å². The molecule has 0 amide bonds. The molecule has 1 aliphatic rings. The Hall–Kier alpha value is -3.75. The van der Waals surface area contributed by atoms with Crippen LogP contribution in [0, 0.1) is 5.92 Å². The van der Waals surface area contributed by atoms with Gasteiger partial charge >= 0.3 is 11.7 Å². The average Bonchev–Trinajstić information content (AvgIpc) is 2.78. The third-order valence-electron chi connectivity index (χ3n) is 6.03. The van der Waals surface area contributed by atoms with E-state index in [9.17, 15) is 19.2 Å². The number of anilines is 1. The number of aromatic nitrogens is 3. The molecule has 0 aliphatic heterocycles. The highest BCUT2D eigenvalue weighted by Crippen LogP contribution is 2.32. The SMILES string of the molecule is C[C@H]1CCc2nc3ccccc3c(C(=O)OCC(=O)c3c(N)n(C)c(=O)n(C)c3=O)c2C1. The number of nitrogens with zero attached hydrogens (tertiary/aromatic N) is 3. The van der Waals surface area contributed by atoms with Crippen LogP contribution in [0.3, 0.4) is 0 Å². The summed E-state index contributed by atoms with van der Waals surface area (Å²) in [6.45, 7) is 1.45. The lowest BCUT2D eigenvalue weighted by Crippen LogP contribution is -2.42. The molecule has 0 radical (unpaired) electrons. The fraction of sp³-hybridized carbons (Fsp3) is 0.348. The molecule has 2 N–H and O–H groups in total. The summed E-state index contributed by atoms with van der Waals surface area (Å²) in [6, 6.07) is 7.31. The summed E-state index contributed by atoms with van der Waals surface area (Å²) in [7, 11) is 2.61. The summed E-state index contributed by atoms with van der Waals surface area (Å²) in [5, 5.41) is 0.662. The van der Waals surface area contributed by atoms with Gasteiger partial charge in [-0.1, -0.05) is 25.1 Å². The second kappa shape index (κ2) is 8.07. The second-order valence-corrected chi connectivity index (χ2v) is 8.24. The van der Waals surface area contributed by atoms with Crippen molar-refractivity contribution in [3.05, 3.63) is 67.5 Å². The Labute approximate surface area is 183 Å². The van der Waals surface area contributed by atoms with Gasteiger partial charge in [0.2, 0.25) is 5.78 Å². The topological polar surface area (TPSA) is 126 Å². The van der Waals surface area contributed by atoms with E-state index in [1.54, 1.807) is 6.07 Å². The number of aryl methyl sites for hydroxylation is 1. The van der Waals surface area contributed by atoms with Gasteiger partial charge in [-0.25, -0.2) is 9.59 Å². The Morgan fingerprint density at radius 3 is 2.62 bits per heavy atom. The van der Waals surface area contributed by atoms with Crippen molar-refractivity contribution >= 4 is 28.5 Å². The molecule has 1 atom stereocenters. The molecule has 9 heteroatoms. The third-order valence-corrected chi connectivity index (χ3v) is 6.03. The van der Waals surface area contributed by atoms with Crippen LogP contribution < -0.4 is 17.0 Å². The van der Waals surface area contributed by atoms with E-state index in [2.05, 4.69) is 6.92 Å². The lowest BCUT2D eigenvalue weighted by Gasteiger charge is -2.24. The van der Waals surface area contributed by atoms with Crippen LogP contribution in [-0.4, -0.2) is 32.5 Å². The zero-order valence-electron chi connectivity index (χ0n) is 18.2. The van der Waals surface area contributed by atoms with Gasteiger partial charge in [0, 0.05) is 25.2 Å². The van der Waals surface area contributed by atoms with Gasteiger partial charge in [0.25, 0.3) is 5.56 Å². The molecule has 3 aromatic rings. The normalized spacial score (nSPS) is 15.4. The molecule has 2 heterocycles. The van der Waals surface area contributed by atoms with E-state index in [1.807, 2.05) is 18.2 Å². The molecule has 0 fully saturated rings. The maximum Gasteiger partial charge on any atom is 0.339 e. The van der Waals surface area contributed by atoms with Crippen molar-refractivity contribution in [2.45, 2.75) is 26.2 Å². The molecule has 0 spiro atoms. The van der Waals surface area contributed by atoms with Crippen molar-refractivity contribution in [1.82, 2.24) is 14.1 Å². The van der Waals surface area contributed by atoms with E-state index in [4.69, 9.17) is 15.5 Å². The highest BCUT2D eigenvalue weighted by Gasteiger charge is 2.27. The number of benzene rings is 1. The third kappa shape index (κ3) is 3.49. The molecule has 9 nitrogen and oxygen atoms in total. The van der Waals surface area contributed by atoms with Crippen LogP contribution >= 0.6 is 0 Å². The standard InChI is InChI=1S/C23H24N4O5/c1-12-8-9-16-14(10-12)18(13-6-4-5-7-15(13)25-16)22(30)32-11-17(28)19-20(24)26(2)23(31)27(3)21(19)29/h4-7,12H,8-11,24H2,1-3H3/t12-/m0/s1. The van der Waals surface area contributed by atoms with Gasteiger partial charge in [-0.2, -0.15) is 0 Å². The largest absolute Gasteiger partial charge is 0.454 e. The van der Waals surface area contributed by atoms with Gasteiger partial charge in [0.15, 0.2) is 6.61 Å². The van der Waals surface area contributed by atoms with Gasteiger partial charge in [-0.15, -0.1) is 0 Å². The Bertz CT molecular complexity index is 1390. The number of esters is 1. The monoisotopic (exact) mass is 436 g/mol. The number of fused-ring (bicyclic) bond motifs is 2. The average molecular weight is 436 g/mol. The van der Waals surface area contributed by atoms with Crippen molar-refractivity contribution in [1.29, 1.82) is 0 Å². The van der Waals surface area contributed by atoms with E-state index in [0.717, 1.165) is 33.2 Å². The molecular weight excluding hydrogens is 412 g/mol. The van der Waals surface area contributed by atoms with Crippen LogP contribution in [0.15, 0.2) is 33.9 Å². The first-order valence-corrected chi connectivity index (χ1v) is 10.4. The maximum absolute atomic E-state index is 13.2. The van der Waals surface area contributed by atoms with Crippen LogP contribution in [-0.2, 0) is 31.7 Å². The fourth-order valence-corrected chi connectivity index (χ4v) is 4.19. The smallest absolute Gasteiger partial charge is 0.339 e. The number of para-hydroxylation sites is 1. The zero-order valence-corrected chi connectivity index (χ0v) is 18.2. The first-order chi connectivity index (χ1) is 15.2. The quantitative estimate of drug-likeness (QED) is 0.484. The number of carbonyl (C=O) groups excluding carboxylic acids is 2. The van der Waals surface area contributed by atoms with Crippen molar-refractivity contribution in [3.8, 4) is 0 Å². The number of rotatable bonds is 4. The summed E-state index contributed by atoms with van der Waals surface area (Å²) >= 11 is 0. The molecule has 0 saturated heterocycles. The number of ether oxygens (including phenoxy) is 1. The van der Waals surface area contributed by atoms with Crippen molar-refractivity contribution < 1.29 is 14.3 Å². The predicted molar refractivity (Wildman–Crippen MR) is 119 cm³/mol. The Balaban J connectivity index is 1.69. The summed E-state index contributed by atoms with van der Waals surface area (Å²) < 4.78 is 7.16. The van der Waals surface area contributed by atoms with Crippen LogP contribution in [0.1, 0.15) is 45.3 Å². The summed E-state index contributed by atoms with van der Waals surface area (Å²) in [6.07, 6.45) is 2.45. The number of nitrogens with two attached hydrogens (primary N) is 1. The maximum atomic E-state index is 13.2. The van der Waals surface area contributed by atoms with Gasteiger partial charge in [-0.3, -0.25) is 23.7 Å². The number of Topliss-reactive ketones (excluding diaryl/α,β-unsaturated/α-hetero) is 1. The minimum atomic E-state index is -0.827. The van der Waals surface area contributed by atoms with E-state index < -0.39 is 29.6 Å². The van der Waals surface area contributed by atoms with Crippen molar-refractivity contribution in [2.75, 3.05) is 12.3 Å². The van der Waals surface area contributed by atoms with E-state index in [-0.39, 0.29) is 11.4 Å². The van der Waals surface area contributed by atoms with Gasteiger partial charge < -0.3 is 10.5 Å². The van der Waals surface area contributed by atoms with E-state index in [0.29, 0.717) is 28.8 Å². The molecule has 1 aromatic carbocycles. The van der Waals surface area contributed by atoms with Crippen LogP contribution in [0.4, 0.5) is 5.82 Å². The fourth-order valence-electron chi connectivity index (χ4n) is 4.19. The Morgan fingerprint density at radius 2 is 1.88 bits per heavy atom. The Kier molecular flexibility index (Phi) is 5.41. The van der Waals surface area contributed by atoms with Crippen LogP contribution in [0.5, 0.6) is 0 Å². The molecule has 0 saturated carbocycles. The Morgan fingerprint density at radius 1 is 1.16 bits per heavy atom. The first-order valence-electron chi connectivity index (χ1n) is 10.4. The molecule has 166 valence electrons. The molecule has 0 bridgehead atoms. The molecule has 0 unspecified atom stereocenters. The highest BCUT2D eigenvalue weighted by molar-refractivity contribution is 6.07. The highest BCUT2D eigenvalue weighted by atomic mass is 16.5. The minimum absolute atomic E-state index is 0.264. The second-order valence-electron chi connectivity index (χ2n) is 8.24. The van der Waals surface area contributed by atoms with Crippen LogP contribution in [0.2, 0.25) is 0 Å². The summed E-state index contributed by atoms with van der Waals surface area (Å²) in [5.41, 5.74) is 6.80. The summed E-state index contributed by atoms with van der Waals surface area (Å²) in [4.78, 5) is 55.0. The van der Waals surface area contributed by atoms with Gasteiger partial charge in [0.05, 0.1) is 11.1 Å². The molecule has 32 heavy (non-hydrogen) atoms. The molecular formula is C23H24N4O5. The zero-order chi connectivity index (χ0) is 23.2. The van der Waals surface area contributed by atoms with E-state index in [1.165, 1.54) is 14.1 Å². The lowest BCUT2D eigenvalue weighted by molar-refractivity contribution is 0.0474. The predicted octanol–water partition coefficient (Wildman–Crippen LogP) is 1.38. The van der Waals surface area contributed by atoms with Crippen molar-refractivity contribution in [2.24, 2.45) is 20.0 Å². The van der Waals surface area contributed by atoms with Crippen molar-refractivity contribution in [3.63, 3.8) is 0 Å². The number of carbonyl (C=O) groups is 2. The number of nitrogen functional groups attached to an aromatic ring is 1. The molecule has 1 aliphatic carbocycles. The number of ketones is 1. The number of hydrogen-bond acceptors (Lipinski definition) is 7. The number of pyridine rings is 1. The lowest BCUT2D eigenvalue weighted by atomic mass is 9.84. The number of hydrogen-bond donors (Lipinski definition) is 1. The summed E-state index contributed by atoms with van der Waals surface area (Å²) in [5.74, 6) is -1.29. The van der Waals surface area contributed by atoms with Crippen LogP contribution in [0.25, 0.3) is 10.9 Å². The molecule has 4 rings (SSSR count). The first kappa shape index (κ1) is 21.5. The minimum Gasteiger partial charge on any atom is -0.454 e. The molecule has 2 aromatic heterocycles.